The van der Waals surface area contributed by atoms with Gasteiger partial charge in [0.2, 0.25) is 0 Å². The SMILES string of the molecule is CC1(C)c2ccccc2-c2nc(-c3ccc4c(c3)c3ccccc3n4-c3ccccc3)nc(-c3nc(-c4ccccc4)nc(-c4cccc5c4oc4ccccc45)n3)c21. The van der Waals surface area contributed by atoms with Crippen LogP contribution in [0.4, 0.5) is 0 Å². The number of aromatic nitrogens is 6. The summed E-state index contributed by atoms with van der Waals surface area (Å²) < 4.78 is 8.84. The van der Waals surface area contributed by atoms with Crippen LogP contribution >= 0.6 is 0 Å². The lowest BCUT2D eigenvalue weighted by Gasteiger charge is -2.23. The fraction of sp³-hybridized carbons (Fsp3) is 0.0577. The molecule has 0 atom stereocenters. The fourth-order valence-electron chi connectivity index (χ4n) is 9.12. The Hall–Kier alpha value is -7.77. The van der Waals surface area contributed by atoms with Gasteiger partial charge in [-0.3, -0.25) is 0 Å². The van der Waals surface area contributed by atoms with Gasteiger partial charge in [-0.25, -0.2) is 24.9 Å². The van der Waals surface area contributed by atoms with Crippen LogP contribution in [0.25, 0.3) is 106 Å². The molecule has 0 bridgehead atoms. The van der Waals surface area contributed by atoms with Crippen LogP contribution < -0.4 is 0 Å². The van der Waals surface area contributed by atoms with Crippen LogP contribution in [0, 0.1) is 0 Å². The third-order valence-electron chi connectivity index (χ3n) is 11.9. The highest BCUT2D eigenvalue weighted by Crippen LogP contribution is 2.51. The molecule has 278 valence electrons. The van der Waals surface area contributed by atoms with E-state index >= 15 is 0 Å². The zero-order valence-electron chi connectivity index (χ0n) is 32.3. The van der Waals surface area contributed by atoms with Crippen molar-refractivity contribution in [1.29, 1.82) is 0 Å². The lowest BCUT2D eigenvalue weighted by Crippen LogP contribution is -2.18. The molecule has 12 rings (SSSR count). The minimum absolute atomic E-state index is 0.439. The maximum Gasteiger partial charge on any atom is 0.182 e. The van der Waals surface area contributed by atoms with Gasteiger partial charge in [0.25, 0.3) is 0 Å². The average Bonchev–Trinajstić information content (AvgIpc) is 3.92. The van der Waals surface area contributed by atoms with Crippen molar-refractivity contribution >= 4 is 43.7 Å². The molecule has 1 aliphatic rings. The van der Waals surface area contributed by atoms with Gasteiger partial charge in [0, 0.05) is 54.9 Å². The summed E-state index contributed by atoms with van der Waals surface area (Å²) >= 11 is 0. The minimum Gasteiger partial charge on any atom is -0.455 e. The molecule has 0 amide bonds. The number of nitrogens with zero attached hydrogens (tertiary/aromatic N) is 6. The Morgan fingerprint density at radius 1 is 0.441 bits per heavy atom. The van der Waals surface area contributed by atoms with E-state index in [4.69, 9.17) is 29.3 Å². The van der Waals surface area contributed by atoms with Crippen LogP contribution in [0.5, 0.6) is 0 Å². The number of hydrogen-bond acceptors (Lipinski definition) is 6. The second-order valence-corrected chi connectivity index (χ2v) is 15.7. The van der Waals surface area contributed by atoms with E-state index in [1.807, 2.05) is 60.7 Å². The van der Waals surface area contributed by atoms with E-state index in [1.165, 1.54) is 5.56 Å². The zero-order valence-corrected chi connectivity index (χ0v) is 32.3. The van der Waals surface area contributed by atoms with E-state index in [2.05, 4.69) is 128 Å². The van der Waals surface area contributed by atoms with Crippen molar-refractivity contribution in [2.24, 2.45) is 0 Å². The maximum absolute atomic E-state index is 6.52. The van der Waals surface area contributed by atoms with E-state index in [0.29, 0.717) is 29.0 Å². The van der Waals surface area contributed by atoms with E-state index in [1.54, 1.807) is 0 Å². The molecule has 0 fully saturated rings. The highest BCUT2D eigenvalue weighted by atomic mass is 16.3. The van der Waals surface area contributed by atoms with E-state index in [9.17, 15) is 0 Å². The van der Waals surface area contributed by atoms with Crippen molar-refractivity contribution in [3.05, 3.63) is 181 Å². The molecule has 7 aromatic carbocycles. The van der Waals surface area contributed by atoms with E-state index in [-0.39, 0.29) is 0 Å². The number of furan rings is 1. The Morgan fingerprint density at radius 2 is 1.07 bits per heavy atom. The summed E-state index contributed by atoms with van der Waals surface area (Å²) in [5, 5.41) is 4.34. The van der Waals surface area contributed by atoms with Crippen molar-refractivity contribution < 1.29 is 4.42 Å². The third-order valence-corrected chi connectivity index (χ3v) is 11.9. The van der Waals surface area contributed by atoms with Gasteiger partial charge >= 0.3 is 0 Å². The normalized spacial score (nSPS) is 13.1. The van der Waals surface area contributed by atoms with Gasteiger partial charge < -0.3 is 8.98 Å². The van der Waals surface area contributed by atoms with Crippen molar-refractivity contribution in [2.45, 2.75) is 19.3 Å². The Labute approximate surface area is 339 Å². The predicted octanol–water partition coefficient (Wildman–Crippen LogP) is 12.6. The monoisotopic (exact) mass is 758 g/mol. The molecular formula is C52H34N6O. The van der Waals surface area contributed by atoms with Gasteiger partial charge in [-0.1, -0.05) is 135 Å². The summed E-state index contributed by atoms with van der Waals surface area (Å²) in [7, 11) is 0. The Bertz CT molecular complexity index is 3480. The molecule has 11 aromatic rings. The second-order valence-electron chi connectivity index (χ2n) is 15.7. The van der Waals surface area contributed by atoms with Gasteiger partial charge in [0.05, 0.1) is 22.3 Å². The average molecular weight is 759 g/mol. The molecule has 0 aliphatic heterocycles. The highest BCUT2D eigenvalue weighted by Gasteiger charge is 2.41. The maximum atomic E-state index is 6.52. The summed E-state index contributed by atoms with van der Waals surface area (Å²) in [6.45, 7) is 4.48. The molecule has 4 aromatic heterocycles. The summed E-state index contributed by atoms with van der Waals surface area (Å²) in [5.74, 6) is 2.14. The fourth-order valence-corrected chi connectivity index (χ4v) is 9.12. The molecule has 59 heavy (non-hydrogen) atoms. The van der Waals surface area contributed by atoms with Crippen LogP contribution in [-0.4, -0.2) is 29.5 Å². The Kier molecular flexibility index (Phi) is 7.14. The lowest BCUT2D eigenvalue weighted by atomic mass is 9.81. The largest absolute Gasteiger partial charge is 0.455 e. The lowest BCUT2D eigenvalue weighted by molar-refractivity contribution is 0.656. The predicted molar refractivity (Wildman–Crippen MR) is 236 cm³/mol. The Morgan fingerprint density at radius 3 is 1.93 bits per heavy atom. The van der Waals surface area contributed by atoms with Gasteiger partial charge in [-0.2, -0.15) is 0 Å². The smallest absolute Gasteiger partial charge is 0.182 e. The first-order valence-electron chi connectivity index (χ1n) is 19.9. The van der Waals surface area contributed by atoms with Gasteiger partial charge in [0.1, 0.15) is 16.9 Å². The summed E-state index contributed by atoms with van der Waals surface area (Å²) in [6.07, 6.45) is 0. The number of hydrogen-bond donors (Lipinski definition) is 0. The first-order valence-corrected chi connectivity index (χ1v) is 19.9. The van der Waals surface area contributed by atoms with Crippen LogP contribution in [-0.2, 0) is 5.41 Å². The molecule has 0 unspecified atom stereocenters. The van der Waals surface area contributed by atoms with Crippen LogP contribution in [0.15, 0.2) is 174 Å². The summed E-state index contributed by atoms with van der Waals surface area (Å²) in [6, 6.07) is 58.5. The van der Waals surface area contributed by atoms with Gasteiger partial charge in [-0.15, -0.1) is 0 Å². The number of benzene rings is 7. The quantitative estimate of drug-likeness (QED) is 0.174. The molecule has 0 saturated heterocycles. The van der Waals surface area contributed by atoms with Gasteiger partial charge in [-0.05, 0) is 54.1 Å². The molecular weight excluding hydrogens is 725 g/mol. The molecule has 4 heterocycles. The topological polar surface area (TPSA) is 82.5 Å². The Balaban J connectivity index is 1.13. The molecule has 0 spiro atoms. The number of rotatable bonds is 5. The zero-order chi connectivity index (χ0) is 39.2. The third kappa shape index (κ3) is 5.04. The minimum atomic E-state index is -0.439. The molecule has 0 N–H and O–H groups in total. The van der Waals surface area contributed by atoms with Crippen molar-refractivity contribution in [3.8, 4) is 62.6 Å². The molecule has 7 heteroatoms. The van der Waals surface area contributed by atoms with Crippen molar-refractivity contribution in [2.75, 3.05) is 0 Å². The van der Waals surface area contributed by atoms with Crippen molar-refractivity contribution in [1.82, 2.24) is 29.5 Å². The molecule has 7 nitrogen and oxygen atoms in total. The van der Waals surface area contributed by atoms with E-state index < -0.39 is 5.41 Å². The van der Waals surface area contributed by atoms with Gasteiger partial charge in [0.15, 0.2) is 23.3 Å². The number of fused-ring (bicyclic) bond motifs is 9. The highest BCUT2D eigenvalue weighted by molar-refractivity contribution is 6.11. The molecule has 0 radical (unpaired) electrons. The molecule has 1 aliphatic carbocycles. The molecule has 0 saturated carbocycles. The number of para-hydroxylation sites is 4. The van der Waals surface area contributed by atoms with Crippen LogP contribution in [0.1, 0.15) is 25.0 Å². The van der Waals surface area contributed by atoms with E-state index in [0.717, 1.165) is 82.9 Å². The van der Waals surface area contributed by atoms with Crippen LogP contribution in [0.2, 0.25) is 0 Å². The summed E-state index contributed by atoms with van der Waals surface area (Å²) in [5.41, 5.74) is 11.9. The first kappa shape index (κ1) is 33.4. The van der Waals surface area contributed by atoms with Crippen LogP contribution in [0.3, 0.4) is 0 Å². The van der Waals surface area contributed by atoms with Crippen molar-refractivity contribution in [3.63, 3.8) is 0 Å². The standard InChI is InChI=1S/C52H34N6O/c1-52(2)40-25-12-9-22-37(40)45-44(52)46(54-49(53-45)32-28-29-42-39(30-32)34-20-10-13-26-41(34)58(42)33-18-7-4-8-19-33)51-56-48(31-16-5-3-6-17-31)55-50(57-51)38-24-15-23-36-35-21-11-14-27-43(35)59-47(36)38/h3-30H,1-2H3. The second kappa shape index (κ2) is 12.6. The first-order chi connectivity index (χ1) is 29.0. The summed E-state index contributed by atoms with van der Waals surface area (Å²) in [4.78, 5) is 26.6.